The molecule has 256 valence electrons. The molecule has 48 heavy (non-hydrogen) atoms. The van der Waals surface area contributed by atoms with Crippen LogP contribution in [0.4, 0.5) is 4.79 Å². The molecule has 2 saturated carbocycles. The van der Waals surface area contributed by atoms with E-state index in [0.29, 0.717) is 48.5 Å². The van der Waals surface area contributed by atoms with Gasteiger partial charge in [-0.05, 0) is 87.8 Å². The van der Waals surface area contributed by atoms with E-state index in [9.17, 15) is 14.4 Å². The summed E-state index contributed by atoms with van der Waals surface area (Å²) in [7, 11) is 0. The summed E-state index contributed by atoms with van der Waals surface area (Å²) in [5.74, 6) is 1.29. The largest absolute Gasteiger partial charge is 0.489 e. The third kappa shape index (κ3) is 5.94. The normalized spacial score (nSPS) is 35.3. The highest BCUT2D eigenvalue weighted by atomic mass is 79.9. The maximum atomic E-state index is 12.8. The molecule has 0 radical (unpaired) electrons. The van der Waals surface area contributed by atoms with Crippen LogP contribution in [0.2, 0.25) is 0 Å². The van der Waals surface area contributed by atoms with Crippen molar-refractivity contribution < 1.29 is 38.1 Å². The number of imide groups is 1. The molecule has 4 amide bonds. The highest BCUT2D eigenvalue weighted by Crippen LogP contribution is 2.53. The number of hydrogen-bond acceptors (Lipinski definition) is 8. The van der Waals surface area contributed by atoms with Crippen LogP contribution in [0.25, 0.3) is 0 Å². The lowest BCUT2D eigenvalue weighted by molar-refractivity contribution is -0.163. The molecule has 5 saturated heterocycles. The first kappa shape index (κ1) is 33.5. The number of ether oxygens (including phenoxy) is 4. The topological polar surface area (TPSA) is 155 Å². The van der Waals surface area contributed by atoms with E-state index in [1.165, 1.54) is 0 Å². The number of primary amides is 1. The van der Waals surface area contributed by atoms with Gasteiger partial charge in [-0.15, -0.1) is 0 Å². The van der Waals surface area contributed by atoms with Crippen LogP contribution in [0, 0.1) is 10.8 Å². The number of ketones is 1. The Morgan fingerprint density at radius 2 is 1.33 bits per heavy atom. The third-order valence-electron chi connectivity index (χ3n) is 11.4. The Morgan fingerprint density at radius 3 is 1.88 bits per heavy atom. The number of fused-ring (bicyclic) bond motifs is 9. The number of Topliss-reactive ketones (excluding diaryl/α,β-unsaturated/α-hetero) is 1. The maximum absolute atomic E-state index is 12.8. The minimum absolute atomic E-state index is 0.0232. The van der Waals surface area contributed by atoms with Crippen LogP contribution in [0.5, 0.6) is 11.5 Å². The molecule has 11 nitrogen and oxygen atoms in total. The molecule has 11 rings (SSSR count). The van der Waals surface area contributed by atoms with Crippen LogP contribution in [0.1, 0.15) is 80.1 Å². The average molecular weight is 790 g/mol. The highest BCUT2D eigenvalue weighted by Gasteiger charge is 2.59. The summed E-state index contributed by atoms with van der Waals surface area (Å²) in [5.41, 5.74) is 4.48. The smallest absolute Gasteiger partial charge is 0.322 e. The summed E-state index contributed by atoms with van der Waals surface area (Å²) >= 11 is 6.87. The highest BCUT2D eigenvalue weighted by molar-refractivity contribution is 9.10. The number of nitrogens with one attached hydrogen (secondary N) is 2. The molecule has 3 unspecified atom stereocenters. The van der Waals surface area contributed by atoms with Gasteiger partial charge < -0.3 is 30.0 Å². The number of urea groups is 1. The Labute approximate surface area is 295 Å². The van der Waals surface area contributed by atoms with Crippen LogP contribution >= 0.6 is 31.9 Å². The molecular formula is C35H39Br2N3O8. The number of carbonyl (C=O) groups is 4. The second-order valence-corrected chi connectivity index (χ2v) is 15.9. The summed E-state index contributed by atoms with van der Waals surface area (Å²) in [6, 6.07) is 10.9. The predicted octanol–water partition coefficient (Wildman–Crippen LogP) is 5.44. The molecule has 3 atom stereocenters. The van der Waals surface area contributed by atoms with Crippen LogP contribution in [0.15, 0.2) is 45.3 Å². The minimum Gasteiger partial charge on any atom is -0.489 e. The van der Waals surface area contributed by atoms with Crippen LogP contribution in [-0.2, 0) is 24.6 Å². The molecule has 2 aromatic rings. The third-order valence-corrected chi connectivity index (χ3v) is 12.4. The first-order valence-corrected chi connectivity index (χ1v) is 18.2. The summed E-state index contributed by atoms with van der Waals surface area (Å²) < 4.78 is 26.2. The molecule has 0 aromatic heterocycles. The van der Waals surface area contributed by atoms with Crippen LogP contribution in [-0.4, -0.2) is 61.8 Å². The molecule has 7 aliphatic heterocycles. The number of rotatable bonds is 2. The lowest BCUT2D eigenvalue weighted by Gasteiger charge is -2.53. The Balaban J connectivity index is 0.000000144. The lowest BCUT2D eigenvalue weighted by Crippen LogP contribution is -2.58. The van der Waals surface area contributed by atoms with Gasteiger partial charge in [-0.1, -0.05) is 31.9 Å². The van der Waals surface area contributed by atoms with Crippen molar-refractivity contribution in [3.05, 3.63) is 56.5 Å². The van der Waals surface area contributed by atoms with Gasteiger partial charge in [-0.25, -0.2) is 4.79 Å². The molecule has 2 aliphatic carbocycles. The Kier molecular flexibility index (Phi) is 9.10. The Morgan fingerprint density at radius 1 is 0.792 bits per heavy atom. The monoisotopic (exact) mass is 787 g/mol. The van der Waals surface area contributed by atoms with Crippen molar-refractivity contribution in [2.45, 2.75) is 94.2 Å². The van der Waals surface area contributed by atoms with Gasteiger partial charge >= 0.3 is 6.03 Å². The first-order valence-electron chi connectivity index (χ1n) is 16.6. The van der Waals surface area contributed by atoms with E-state index in [2.05, 4.69) is 48.2 Å². The average Bonchev–Trinajstić information content (AvgIpc) is 3.39. The fourth-order valence-corrected chi connectivity index (χ4v) is 9.40. The van der Waals surface area contributed by atoms with Crippen LogP contribution < -0.4 is 25.8 Å². The summed E-state index contributed by atoms with van der Waals surface area (Å²) in [6.45, 7) is 1.42. The molecule has 4 N–H and O–H groups in total. The molecule has 13 heteroatoms. The second kappa shape index (κ2) is 13.0. The van der Waals surface area contributed by atoms with Crippen molar-refractivity contribution in [1.29, 1.82) is 0 Å². The van der Waals surface area contributed by atoms with Crippen molar-refractivity contribution in [3.63, 3.8) is 0 Å². The lowest BCUT2D eigenvalue weighted by atomic mass is 9.64. The minimum atomic E-state index is -1.07. The van der Waals surface area contributed by atoms with E-state index >= 15 is 0 Å². The Bertz CT molecular complexity index is 1590. The fourth-order valence-electron chi connectivity index (χ4n) is 8.68. The number of halogens is 2. The summed E-state index contributed by atoms with van der Waals surface area (Å²) in [5, 5.41) is 5.29. The van der Waals surface area contributed by atoms with Gasteiger partial charge in [0.15, 0.2) is 11.3 Å². The van der Waals surface area contributed by atoms with Crippen LogP contribution in [0.3, 0.4) is 0 Å². The van der Waals surface area contributed by atoms with Gasteiger partial charge in [-0.3, -0.25) is 19.7 Å². The van der Waals surface area contributed by atoms with E-state index < -0.39 is 11.6 Å². The Hall–Kier alpha value is -3.00. The predicted molar refractivity (Wildman–Crippen MR) is 181 cm³/mol. The van der Waals surface area contributed by atoms with Gasteiger partial charge in [0.2, 0.25) is 6.41 Å². The first-order chi connectivity index (χ1) is 23.1. The van der Waals surface area contributed by atoms with E-state index in [1.807, 2.05) is 36.4 Å². The number of hydrogen-bond donors (Lipinski definition) is 3. The molecular weight excluding hydrogens is 750 g/mol. The molecule has 1 spiro atoms. The van der Waals surface area contributed by atoms with Gasteiger partial charge in [0.25, 0.3) is 5.91 Å². The number of nitrogens with two attached hydrogens (primary N) is 1. The van der Waals surface area contributed by atoms with E-state index in [0.717, 1.165) is 72.7 Å². The number of benzene rings is 2. The standard InChI is InChI=1S/C18H19BrN2O4.C16H17BrO3.CH3NO/c19-10-1-2-13-12(7-10)18(15(22)20-16(23)21-18)8-14(25-13)17-5-3-11(4-6-17)24-9-17;17-10-1-2-14-12(7-10)13(18)8-15(20-14)16-5-3-11(4-6-16)19-9-16;2-1-3/h1-2,7,11,14H,3-6,8-9H2,(H2,20,21,22,23);1-2,7,11,15H,3-6,8-9H2;1H,(H2,2,3). The quantitative estimate of drug-likeness (QED) is 0.269. The second-order valence-electron chi connectivity index (χ2n) is 14.0. The zero-order valence-electron chi connectivity index (χ0n) is 26.4. The van der Waals surface area contributed by atoms with Gasteiger partial charge in [0.1, 0.15) is 23.7 Å². The number of amides is 4. The van der Waals surface area contributed by atoms with Crippen molar-refractivity contribution in [2.75, 3.05) is 13.2 Å². The molecule has 7 heterocycles. The molecule has 4 bridgehead atoms. The van der Waals surface area contributed by atoms with E-state index in [-0.39, 0.29) is 41.1 Å². The zero-order valence-corrected chi connectivity index (χ0v) is 29.6. The van der Waals surface area contributed by atoms with Crippen molar-refractivity contribution in [1.82, 2.24) is 10.6 Å². The van der Waals surface area contributed by atoms with Crippen molar-refractivity contribution >= 4 is 56.0 Å². The van der Waals surface area contributed by atoms with Gasteiger partial charge in [0.05, 0.1) is 31.0 Å². The molecule has 7 fully saturated rings. The van der Waals surface area contributed by atoms with Gasteiger partial charge in [-0.2, -0.15) is 0 Å². The maximum Gasteiger partial charge on any atom is 0.322 e. The summed E-state index contributed by atoms with van der Waals surface area (Å²) in [6.07, 6.45) is 10.4. The van der Waals surface area contributed by atoms with E-state index in [1.54, 1.807) is 0 Å². The van der Waals surface area contributed by atoms with Gasteiger partial charge in [0, 0.05) is 38.2 Å². The van der Waals surface area contributed by atoms with E-state index in [4.69, 9.17) is 23.7 Å². The molecule has 9 aliphatic rings. The molecule has 2 aromatic carbocycles. The zero-order chi connectivity index (χ0) is 33.7. The SMILES string of the molecule is NC=O.O=C1CC(C23CCC(CC2)OC3)Oc2ccc(Br)cc21.O=C1NC(=O)C2(CC(C34CCC(CC3)OC4)Oc3ccc(Br)cc32)N1. The summed E-state index contributed by atoms with van der Waals surface area (Å²) in [4.78, 5) is 45.7. The fraction of sp³-hybridized carbons (Fsp3) is 0.543. The number of carbonyl (C=O) groups excluding carboxylic acids is 4. The van der Waals surface area contributed by atoms with Crippen molar-refractivity contribution in [3.8, 4) is 11.5 Å². The van der Waals surface area contributed by atoms with Crippen molar-refractivity contribution in [2.24, 2.45) is 16.6 Å².